The van der Waals surface area contributed by atoms with Gasteiger partial charge in [-0.1, -0.05) is 42.5 Å². The van der Waals surface area contributed by atoms with Crippen LogP contribution >= 0.6 is 11.8 Å². The fourth-order valence-electron chi connectivity index (χ4n) is 7.70. The molecule has 0 radical (unpaired) electrons. The number of aliphatic hydroxyl groups is 1. The second kappa shape index (κ2) is 14.9. The summed E-state index contributed by atoms with van der Waals surface area (Å²) in [4.78, 5) is 48.8. The Bertz CT molecular complexity index is 1400. The number of fused-ring (bicyclic) bond motifs is 1. The zero-order chi connectivity index (χ0) is 32.8. The summed E-state index contributed by atoms with van der Waals surface area (Å²) < 4.78 is 4.92. The number of rotatable bonds is 16. The molecule has 246 valence electrons. The number of hydrogen-bond donors (Lipinski definition) is 1. The smallest absolute Gasteiger partial charge is 0.310 e. The molecule has 0 aliphatic carbocycles. The predicted molar refractivity (Wildman–Crippen MR) is 185 cm³/mol. The summed E-state index contributed by atoms with van der Waals surface area (Å²) in [6, 6.07) is 16.1. The van der Waals surface area contributed by atoms with Crippen LogP contribution < -0.4 is 9.80 Å². The second-order valence-electron chi connectivity index (χ2n) is 12.4. The van der Waals surface area contributed by atoms with Crippen molar-refractivity contribution in [2.24, 2.45) is 11.8 Å². The van der Waals surface area contributed by atoms with Crippen LogP contribution in [0.4, 0.5) is 11.4 Å². The van der Waals surface area contributed by atoms with Crippen LogP contribution in [0.25, 0.3) is 0 Å². The van der Waals surface area contributed by atoms with Crippen molar-refractivity contribution in [1.29, 1.82) is 0 Å². The zero-order valence-electron chi connectivity index (χ0n) is 27.1. The van der Waals surface area contributed by atoms with Crippen LogP contribution in [0.1, 0.15) is 45.1 Å². The summed E-state index contributed by atoms with van der Waals surface area (Å²) in [6.07, 6.45) is 6.64. The third-order valence-corrected chi connectivity index (χ3v) is 11.8. The molecule has 9 heteroatoms. The molecule has 2 unspecified atom stereocenters. The van der Waals surface area contributed by atoms with Crippen LogP contribution in [-0.2, 0) is 25.5 Å². The minimum Gasteiger partial charge on any atom is -0.465 e. The molecule has 3 saturated heterocycles. The van der Waals surface area contributed by atoms with Crippen molar-refractivity contribution < 1.29 is 24.2 Å². The molecule has 3 aliphatic heterocycles. The third kappa shape index (κ3) is 6.24. The molecular weight excluding hydrogens is 598 g/mol. The second-order valence-corrected chi connectivity index (χ2v) is 14.0. The summed E-state index contributed by atoms with van der Waals surface area (Å²) in [5.74, 6) is -2.16. The van der Waals surface area contributed by atoms with Crippen molar-refractivity contribution in [1.82, 2.24) is 4.90 Å². The molecule has 1 spiro atoms. The van der Waals surface area contributed by atoms with Gasteiger partial charge in [0.25, 0.3) is 5.91 Å². The monoisotopic (exact) mass is 645 g/mol. The average molecular weight is 646 g/mol. The van der Waals surface area contributed by atoms with Gasteiger partial charge in [0.15, 0.2) is 0 Å². The third-order valence-electron chi connectivity index (χ3n) is 9.83. The maximum Gasteiger partial charge on any atom is 0.310 e. The molecule has 3 aliphatic rings. The van der Waals surface area contributed by atoms with E-state index < -0.39 is 28.7 Å². The van der Waals surface area contributed by atoms with Crippen LogP contribution in [0.2, 0.25) is 0 Å². The van der Waals surface area contributed by atoms with Gasteiger partial charge in [0.05, 0.1) is 35.8 Å². The van der Waals surface area contributed by atoms with E-state index in [0.29, 0.717) is 24.9 Å². The van der Waals surface area contributed by atoms with Gasteiger partial charge in [0.2, 0.25) is 5.91 Å². The van der Waals surface area contributed by atoms with E-state index in [0.717, 1.165) is 37.2 Å². The molecule has 3 fully saturated rings. The lowest BCUT2D eigenvalue weighted by Gasteiger charge is -2.39. The van der Waals surface area contributed by atoms with Gasteiger partial charge in [-0.2, -0.15) is 0 Å². The Morgan fingerprint density at radius 1 is 1.09 bits per heavy atom. The number of nitrogens with zero attached hydrogens (tertiary/aromatic N) is 3. The summed E-state index contributed by atoms with van der Waals surface area (Å²) in [6.45, 7) is 13.9. The molecule has 2 aromatic carbocycles. The number of allylic oxidation sites excluding steroid dienone is 1. The highest BCUT2D eigenvalue weighted by Gasteiger charge is 2.74. The van der Waals surface area contributed by atoms with E-state index in [4.69, 9.17) is 4.74 Å². The van der Waals surface area contributed by atoms with Crippen molar-refractivity contribution in [2.45, 2.75) is 68.0 Å². The van der Waals surface area contributed by atoms with Gasteiger partial charge < -0.3 is 24.5 Å². The molecule has 1 N–H and O–H groups in total. The number of carbonyl (C=O) groups excluding carboxylic acids is 3. The molecule has 2 bridgehead atoms. The number of carbonyl (C=O) groups is 3. The number of anilines is 2. The maximum atomic E-state index is 15.0. The highest BCUT2D eigenvalue weighted by molar-refractivity contribution is 8.02. The predicted octanol–water partition coefficient (Wildman–Crippen LogP) is 5.26. The lowest BCUT2D eigenvalue weighted by atomic mass is 9.71. The number of ether oxygens (including phenoxy) is 1. The fourth-order valence-corrected chi connectivity index (χ4v) is 9.88. The number of aliphatic hydroxyl groups excluding tert-OH is 1. The molecule has 8 nitrogen and oxygen atoms in total. The first-order valence-electron chi connectivity index (χ1n) is 16.5. The van der Waals surface area contributed by atoms with Gasteiger partial charge in [-0.15, -0.1) is 24.9 Å². The van der Waals surface area contributed by atoms with Gasteiger partial charge >= 0.3 is 5.97 Å². The van der Waals surface area contributed by atoms with E-state index in [2.05, 4.69) is 31.9 Å². The Morgan fingerprint density at radius 2 is 1.78 bits per heavy atom. The molecule has 5 rings (SSSR count). The number of unbranched alkanes of at least 4 members (excludes halogenated alkanes) is 1. The van der Waals surface area contributed by atoms with E-state index >= 15 is 0 Å². The number of benzene rings is 2. The highest BCUT2D eigenvalue weighted by Crippen LogP contribution is 2.67. The van der Waals surface area contributed by atoms with E-state index in [1.165, 1.54) is 0 Å². The molecule has 46 heavy (non-hydrogen) atoms. The largest absolute Gasteiger partial charge is 0.465 e. The fraction of sp³-hybridized carbons (Fsp3) is 0.486. The van der Waals surface area contributed by atoms with E-state index in [1.807, 2.05) is 54.6 Å². The van der Waals surface area contributed by atoms with Crippen molar-refractivity contribution in [2.75, 3.05) is 42.6 Å². The molecule has 2 amide bonds. The molecule has 6 atom stereocenters. The van der Waals surface area contributed by atoms with Gasteiger partial charge in [-0.05, 0) is 75.8 Å². The Labute approximate surface area is 277 Å². The van der Waals surface area contributed by atoms with E-state index in [1.54, 1.807) is 33.7 Å². The van der Waals surface area contributed by atoms with Crippen LogP contribution in [-0.4, -0.2) is 82.7 Å². The van der Waals surface area contributed by atoms with Gasteiger partial charge in [0.1, 0.15) is 6.04 Å². The maximum absolute atomic E-state index is 15.0. The number of hydrogen-bond acceptors (Lipinski definition) is 7. The Hall–Kier alpha value is -3.56. The van der Waals surface area contributed by atoms with Crippen molar-refractivity contribution >= 4 is 40.9 Å². The Kier molecular flexibility index (Phi) is 10.9. The van der Waals surface area contributed by atoms with Gasteiger partial charge in [-0.3, -0.25) is 14.4 Å². The Morgan fingerprint density at radius 3 is 2.41 bits per heavy atom. The molecular formula is C37H47N3O5S. The average Bonchev–Trinajstić information content (AvgIpc) is 3.73. The summed E-state index contributed by atoms with van der Waals surface area (Å²) >= 11 is 1.61. The quantitative estimate of drug-likeness (QED) is 0.151. The van der Waals surface area contributed by atoms with Crippen molar-refractivity contribution in [3.8, 4) is 0 Å². The number of amides is 2. The molecule has 0 saturated carbocycles. The molecule has 2 aromatic rings. The zero-order valence-corrected chi connectivity index (χ0v) is 27.9. The van der Waals surface area contributed by atoms with Crippen LogP contribution in [0.15, 0.2) is 79.9 Å². The lowest BCUT2D eigenvalue weighted by Crippen LogP contribution is -2.58. The van der Waals surface area contributed by atoms with E-state index in [-0.39, 0.29) is 42.8 Å². The van der Waals surface area contributed by atoms with Crippen LogP contribution in [0, 0.1) is 11.8 Å². The van der Waals surface area contributed by atoms with Crippen molar-refractivity contribution in [3.63, 3.8) is 0 Å². The van der Waals surface area contributed by atoms with Crippen molar-refractivity contribution in [3.05, 3.63) is 85.5 Å². The SMILES string of the molecule is C=CCCCOC(=O)[C@@H]1[C@@H]2CCC3(S2)C(C(=O)N(CC=C)c2ccc(N(CC)CC)cc2)N([C@@H](CO)Cc2ccccc2)C(=O)[C@H]13. The Balaban J connectivity index is 1.54. The lowest BCUT2D eigenvalue weighted by molar-refractivity contribution is -0.154. The highest BCUT2D eigenvalue weighted by atomic mass is 32.2. The number of esters is 1. The minimum atomic E-state index is -0.859. The first-order valence-corrected chi connectivity index (χ1v) is 17.4. The number of likely N-dealkylation sites (tertiary alicyclic amines) is 1. The molecule has 0 aromatic heterocycles. The number of thioether (sulfide) groups is 1. The summed E-state index contributed by atoms with van der Waals surface area (Å²) in [7, 11) is 0. The topological polar surface area (TPSA) is 90.4 Å². The van der Waals surface area contributed by atoms with Gasteiger partial charge in [-0.25, -0.2) is 0 Å². The first-order chi connectivity index (χ1) is 22.3. The van der Waals surface area contributed by atoms with Crippen LogP contribution in [0.3, 0.4) is 0 Å². The standard InChI is InChI=1S/C37H47N3O5S/c1-5-9-13-23-45-36(44)31-30-20-21-37(46-30)32(31)34(42)40(29(25-41)24-26-14-11-10-12-15-26)33(37)35(43)39(22-6-2)28-18-16-27(17-19-28)38(7-3)8-4/h5-6,10-12,14-19,29-33,41H,1-2,7-9,13,20-25H2,3-4H3/t29-,30+,31-,32+,33?,37?/m1/s1. The molecule has 3 heterocycles. The van der Waals surface area contributed by atoms with E-state index in [9.17, 15) is 19.5 Å². The summed E-state index contributed by atoms with van der Waals surface area (Å²) in [5.41, 5.74) is 2.74. The first kappa shape index (κ1) is 33.8. The summed E-state index contributed by atoms with van der Waals surface area (Å²) in [5, 5.41) is 10.7. The minimum absolute atomic E-state index is 0.0961. The van der Waals surface area contributed by atoms with Gasteiger partial charge in [0, 0.05) is 36.3 Å². The normalized spacial score (nSPS) is 25.2. The van der Waals surface area contributed by atoms with Crippen LogP contribution in [0.5, 0.6) is 0 Å².